The van der Waals surface area contributed by atoms with Gasteiger partial charge in [0.2, 0.25) is 5.91 Å². The van der Waals surface area contributed by atoms with E-state index < -0.39 is 0 Å². The summed E-state index contributed by atoms with van der Waals surface area (Å²) in [5.41, 5.74) is 3.42. The van der Waals surface area contributed by atoms with E-state index in [9.17, 15) is 4.79 Å². The number of rotatable bonds is 5. The van der Waals surface area contributed by atoms with E-state index in [1.54, 1.807) is 0 Å². The SMILES string of the molecule is CC(=O)Nc1ccc(CN2CCO[C@@H](Cc3ccccc3)C2)cc1. The third kappa shape index (κ3) is 4.91. The monoisotopic (exact) mass is 324 g/mol. The van der Waals surface area contributed by atoms with Crippen LogP contribution in [0.25, 0.3) is 0 Å². The third-order valence-corrected chi connectivity index (χ3v) is 4.21. The summed E-state index contributed by atoms with van der Waals surface area (Å²) in [7, 11) is 0. The topological polar surface area (TPSA) is 41.6 Å². The van der Waals surface area contributed by atoms with Crippen molar-refractivity contribution in [3.8, 4) is 0 Å². The number of hydrogen-bond acceptors (Lipinski definition) is 3. The third-order valence-electron chi connectivity index (χ3n) is 4.21. The van der Waals surface area contributed by atoms with Gasteiger partial charge in [-0.1, -0.05) is 42.5 Å². The van der Waals surface area contributed by atoms with Crippen LogP contribution < -0.4 is 5.32 Å². The first-order valence-corrected chi connectivity index (χ1v) is 8.43. The molecule has 0 unspecified atom stereocenters. The zero-order valence-electron chi connectivity index (χ0n) is 14.1. The minimum Gasteiger partial charge on any atom is -0.375 e. The van der Waals surface area contributed by atoms with Crippen LogP contribution in [-0.2, 0) is 22.5 Å². The lowest BCUT2D eigenvalue weighted by molar-refractivity contribution is -0.114. The van der Waals surface area contributed by atoms with Gasteiger partial charge in [-0.2, -0.15) is 0 Å². The predicted molar refractivity (Wildman–Crippen MR) is 95.9 cm³/mol. The largest absolute Gasteiger partial charge is 0.375 e. The molecule has 4 heteroatoms. The van der Waals surface area contributed by atoms with Gasteiger partial charge in [0.25, 0.3) is 0 Å². The Hall–Kier alpha value is -2.17. The number of hydrogen-bond donors (Lipinski definition) is 1. The molecule has 1 aliphatic heterocycles. The standard InChI is InChI=1S/C20H24N2O2/c1-16(23)21-19-9-7-18(8-10-19)14-22-11-12-24-20(15-22)13-17-5-3-2-4-6-17/h2-10,20H,11-15H2,1H3,(H,21,23)/t20-/m0/s1. The van der Waals surface area contributed by atoms with Crippen molar-refractivity contribution in [3.63, 3.8) is 0 Å². The maximum absolute atomic E-state index is 11.1. The fourth-order valence-electron chi connectivity index (χ4n) is 3.08. The number of amides is 1. The fourth-order valence-corrected chi connectivity index (χ4v) is 3.08. The molecule has 1 saturated heterocycles. The summed E-state index contributed by atoms with van der Waals surface area (Å²) >= 11 is 0. The Kier molecular flexibility index (Phi) is 5.62. The van der Waals surface area contributed by atoms with Crippen LogP contribution in [0.4, 0.5) is 5.69 Å². The Balaban J connectivity index is 1.54. The second-order valence-corrected chi connectivity index (χ2v) is 6.30. The summed E-state index contributed by atoms with van der Waals surface area (Å²) < 4.78 is 5.92. The molecule has 2 aromatic carbocycles. The van der Waals surface area contributed by atoms with Gasteiger partial charge in [-0.25, -0.2) is 0 Å². The van der Waals surface area contributed by atoms with E-state index in [-0.39, 0.29) is 12.0 Å². The maximum atomic E-state index is 11.1. The number of nitrogens with one attached hydrogen (secondary N) is 1. The van der Waals surface area contributed by atoms with Gasteiger partial charge in [0.05, 0.1) is 12.7 Å². The average molecular weight is 324 g/mol. The Morgan fingerprint density at radius 2 is 1.88 bits per heavy atom. The summed E-state index contributed by atoms with van der Waals surface area (Å²) in [6.45, 7) is 5.12. The zero-order valence-corrected chi connectivity index (χ0v) is 14.1. The highest BCUT2D eigenvalue weighted by Gasteiger charge is 2.20. The van der Waals surface area contributed by atoms with Gasteiger partial charge in [0.15, 0.2) is 0 Å². The van der Waals surface area contributed by atoms with E-state index in [2.05, 4.69) is 46.6 Å². The van der Waals surface area contributed by atoms with Gasteiger partial charge in [-0.15, -0.1) is 0 Å². The fraction of sp³-hybridized carbons (Fsp3) is 0.350. The molecule has 0 bridgehead atoms. The second-order valence-electron chi connectivity index (χ2n) is 6.30. The first kappa shape index (κ1) is 16.7. The number of ether oxygens (including phenoxy) is 1. The van der Waals surface area contributed by atoms with Crippen molar-refractivity contribution in [3.05, 3.63) is 65.7 Å². The molecule has 0 spiro atoms. The molecule has 0 aromatic heterocycles. The van der Waals surface area contributed by atoms with Crippen molar-refractivity contribution in [1.82, 2.24) is 4.90 Å². The minimum atomic E-state index is -0.0420. The van der Waals surface area contributed by atoms with Crippen molar-refractivity contribution < 1.29 is 9.53 Å². The molecule has 4 nitrogen and oxygen atoms in total. The zero-order chi connectivity index (χ0) is 16.8. The average Bonchev–Trinajstić information content (AvgIpc) is 2.57. The Labute approximate surface area is 143 Å². The first-order chi connectivity index (χ1) is 11.7. The van der Waals surface area contributed by atoms with E-state index in [1.165, 1.54) is 18.1 Å². The van der Waals surface area contributed by atoms with E-state index in [0.29, 0.717) is 0 Å². The molecule has 126 valence electrons. The molecule has 1 fully saturated rings. The lowest BCUT2D eigenvalue weighted by atomic mass is 10.1. The molecule has 1 atom stereocenters. The van der Waals surface area contributed by atoms with Crippen LogP contribution in [0.5, 0.6) is 0 Å². The number of carbonyl (C=O) groups is 1. The molecule has 0 radical (unpaired) electrons. The number of carbonyl (C=O) groups excluding carboxylic acids is 1. The van der Waals surface area contributed by atoms with Crippen molar-refractivity contribution in [2.45, 2.75) is 26.0 Å². The summed E-state index contributed by atoms with van der Waals surface area (Å²) in [6, 6.07) is 18.6. The van der Waals surface area contributed by atoms with Crippen molar-refractivity contribution in [2.75, 3.05) is 25.0 Å². The van der Waals surface area contributed by atoms with Crippen molar-refractivity contribution in [1.29, 1.82) is 0 Å². The quantitative estimate of drug-likeness (QED) is 0.919. The van der Waals surface area contributed by atoms with Crippen LogP contribution in [0.3, 0.4) is 0 Å². The normalized spacial score (nSPS) is 18.3. The highest BCUT2D eigenvalue weighted by atomic mass is 16.5. The smallest absolute Gasteiger partial charge is 0.221 e. The minimum absolute atomic E-state index is 0.0420. The Morgan fingerprint density at radius 3 is 2.58 bits per heavy atom. The van der Waals surface area contributed by atoms with E-state index in [1.807, 2.05) is 18.2 Å². The molecule has 1 heterocycles. The van der Waals surface area contributed by atoms with Gasteiger partial charge >= 0.3 is 0 Å². The van der Waals surface area contributed by atoms with E-state index in [4.69, 9.17) is 4.74 Å². The lowest BCUT2D eigenvalue weighted by Crippen LogP contribution is -2.42. The lowest BCUT2D eigenvalue weighted by Gasteiger charge is -2.33. The summed E-state index contributed by atoms with van der Waals surface area (Å²) in [6.07, 6.45) is 1.21. The van der Waals surface area contributed by atoms with Crippen LogP contribution in [0.2, 0.25) is 0 Å². The van der Waals surface area contributed by atoms with Crippen LogP contribution in [0, 0.1) is 0 Å². The Bertz CT molecular complexity index is 655. The van der Waals surface area contributed by atoms with Crippen molar-refractivity contribution >= 4 is 11.6 Å². The molecule has 0 saturated carbocycles. The number of benzene rings is 2. The van der Waals surface area contributed by atoms with E-state index >= 15 is 0 Å². The summed E-state index contributed by atoms with van der Waals surface area (Å²) in [4.78, 5) is 13.5. The summed E-state index contributed by atoms with van der Waals surface area (Å²) in [5.74, 6) is -0.0420. The highest BCUT2D eigenvalue weighted by molar-refractivity contribution is 5.88. The molecular weight excluding hydrogens is 300 g/mol. The Morgan fingerprint density at radius 1 is 1.12 bits per heavy atom. The van der Waals surface area contributed by atoms with E-state index in [0.717, 1.165) is 38.3 Å². The molecule has 1 N–H and O–H groups in total. The molecule has 1 aliphatic rings. The van der Waals surface area contributed by atoms with Crippen LogP contribution >= 0.6 is 0 Å². The highest BCUT2D eigenvalue weighted by Crippen LogP contribution is 2.16. The second kappa shape index (κ2) is 8.08. The van der Waals surface area contributed by atoms with Gasteiger partial charge in [0, 0.05) is 32.2 Å². The number of anilines is 1. The van der Waals surface area contributed by atoms with Crippen LogP contribution in [0.15, 0.2) is 54.6 Å². The summed E-state index contributed by atoms with van der Waals surface area (Å²) in [5, 5.41) is 2.80. The molecule has 1 amide bonds. The first-order valence-electron chi connectivity index (χ1n) is 8.43. The maximum Gasteiger partial charge on any atom is 0.221 e. The molecule has 24 heavy (non-hydrogen) atoms. The number of nitrogens with zero attached hydrogens (tertiary/aromatic N) is 1. The molecular formula is C20H24N2O2. The predicted octanol–water partition coefficient (Wildman–Crippen LogP) is 3.09. The van der Waals surface area contributed by atoms with Gasteiger partial charge < -0.3 is 10.1 Å². The molecule has 2 aromatic rings. The van der Waals surface area contributed by atoms with Gasteiger partial charge in [-0.05, 0) is 29.7 Å². The van der Waals surface area contributed by atoms with Crippen molar-refractivity contribution in [2.24, 2.45) is 0 Å². The number of morpholine rings is 1. The van der Waals surface area contributed by atoms with Crippen LogP contribution in [0.1, 0.15) is 18.1 Å². The van der Waals surface area contributed by atoms with Crippen LogP contribution in [-0.4, -0.2) is 36.6 Å². The van der Waals surface area contributed by atoms with Gasteiger partial charge in [-0.3, -0.25) is 9.69 Å². The molecule has 3 rings (SSSR count). The van der Waals surface area contributed by atoms with Gasteiger partial charge in [0.1, 0.15) is 0 Å². The molecule has 0 aliphatic carbocycles.